The van der Waals surface area contributed by atoms with E-state index in [1.165, 1.54) is 11.1 Å². The molecule has 0 radical (unpaired) electrons. The van der Waals surface area contributed by atoms with E-state index in [1.807, 2.05) is 42.5 Å². The lowest BCUT2D eigenvalue weighted by Crippen LogP contribution is -2.40. The lowest BCUT2D eigenvalue weighted by molar-refractivity contribution is 0.518. The molecule has 9 rings (SSSR count). The predicted molar refractivity (Wildman–Crippen MR) is 196 cm³/mol. The summed E-state index contributed by atoms with van der Waals surface area (Å²) in [6.07, 6.45) is 0. The normalized spacial score (nSPS) is 15.9. The van der Waals surface area contributed by atoms with Gasteiger partial charge in [-0.1, -0.05) is 146 Å². The summed E-state index contributed by atoms with van der Waals surface area (Å²) >= 11 is 0. The van der Waals surface area contributed by atoms with Gasteiger partial charge in [0.15, 0.2) is 11.2 Å². The first-order valence-corrected chi connectivity index (χ1v) is 16.1. The van der Waals surface area contributed by atoms with Crippen molar-refractivity contribution in [1.29, 1.82) is 0 Å². The van der Waals surface area contributed by atoms with E-state index in [1.54, 1.807) is 0 Å². The number of benzene rings is 6. The fourth-order valence-corrected chi connectivity index (χ4v) is 6.66. The molecule has 7 aromatic carbocycles. The highest BCUT2D eigenvalue weighted by molar-refractivity contribution is 6.25. The maximum Gasteiger partial charge on any atom is 0.177 e. The van der Waals surface area contributed by atoms with Crippen LogP contribution in [0.1, 0.15) is 23.6 Å². The van der Waals surface area contributed by atoms with Gasteiger partial charge in [-0.15, -0.1) is 0 Å². The molecule has 0 bridgehead atoms. The molecule has 4 heteroatoms. The molecule has 1 N–H and O–H groups in total. The van der Waals surface area contributed by atoms with E-state index in [0.717, 1.165) is 72.2 Å². The third kappa shape index (κ3) is 4.73. The molecule has 0 saturated carbocycles. The Morgan fingerprint density at radius 3 is 1.83 bits per heavy atom. The van der Waals surface area contributed by atoms with E-state index in [9.17, 15) is 0 Å². The molecule has 1 aliphatic heterocycles. The van der Waals surface area contributed by atoms with Gasteiger partial charge in [-0.25, -0.2) is 9.98 Å². The van der Waals surface area contributed by atoms with Gasteiger partial charge < -0.3 is 9.73 Å². The molecule has 4 nitrogen and oxygen atoms in total. The van der Waals surface area contributed by atoms with Crippen molar-refractivity contribution in [1.82, 2.24) is 5.32 Å². The lowest BCUT2D eigenvalue weighted by Gasteiger charge is -2.30. The fraction of sp³-hybridized carbons (Fsp3) is 0.0455. The number of fused-ring (bicyclic) bond motifs is 5. The van der Waals surface area contributed by atoms with Crippen LogP contribution in [0.2, 0.25) is 0 Å². The van der Waals surface area contributed by atoms with Crippen LogP contribution in [0, 0.1) is 12.1 Å². The van der Waals surface area contributed by atoms with E-state index in [2.05, 4.69) is 134 Å². The smallest absolute Gasteiger partial charge is 0.177 e. The van der Waals surface area contributed by atoms with E-state index in [4.69, 9.17) is 14.4 Å². The van der Waals surface area contributed by atoms with Gasteiger partial charge in [0, 0.05) is 32.8 Å². The Morgan fingerprint density at radius 1 is 0.542 bits per heavy atom. The third-order valence-corrected chi connectivity index (χ3v) is 9.16. The average Bonchev–Trinajstić information content (AvgIpc) is 3.55. The molecule has 0 amide bonds. The topological polar surface area (TPSA) is 49.9 Å². The molecule has 1 unspecified atom stereocenters. The fourth-order valence-electron chi connectivity index (χ4n) is 6.66. The predicted octanol–water partition coefficient (Wildman–Crippen LogP) is 10.3. The lowest BCUT2D eigenvalue weighted by atomic mass is 9.96. The van der Waals surface area contributed by atoms with Crippen LogP contribution >= 0.6 is 0 Å². The third-order valence-electron chi connectivity index (χ3n) is 9.16. The number of amidine groups is 2. The van der Waals surface area contributed by atoms with Gasteiger partial charge in [-0.05, 0) is 47.4 Å². The number of furan rings is 1. The molecule has 0 aliphatic carbocycles. The van der Waals surface area contributed by atoms with Crippen molar-refractivity contribution in [3.8, 4) is 22.3 Å². The minimum atomic E-state index is -0.895. The van der Waals surface area contributed by atoms with E-state index in [0.29, 0.717) is 0 Å². The molecule has 0 spiro atoms. The van der Waals surface area contributed by atoms with Crippen LogP contribution in [0.3, 0.4) is 0 Å². The minimum Gasteiger partial charge on any atom is -0.455 e. The summed E-state index contributed by atoms with van der Waals surface area (Å²) in [5.41, 5.74) is 8.22. The zero-order valence-electron chi connectivity index (χ0n) is 26.2. The van der Waals surface area contributed by atoms with Crippen molar-refractivity contribution in [3.63, 3.8) is 0 Å². The van der Waals surface area contributed by atoms with Crippen molar-refractivity contribution < 1.29 is 4.42 Å². The van der Waals surface area contributed by atoms with E-state index < -0.39 is 5.66 Å². The van der Waals surface area contributed by atoms with Crippen LogP contribution < -0.4 is 5.32 Å². The molecular formula is C44H29N3O. The number of nitrogens with zero attached hydrogens (tertiary/aromatic N) is 2. The summed E-state index contributed by atoms with van der Waals surface area (Å²) < 4.78 is 6.49. The highest BCUT2D eigenvalue weighted by Gasteiger charge is 2.32. The van der Waals surface area contributed by atoms with Gasteiger partial charge in [0.05, 0.1) is 5.39 Å². The van der Waals surface area contributed by atoms with Crippen LogP contribution in [0.25, 0.3) is 55.0 Å². The quantitative estimate of drug-likeness (QED) is 0.209. The standard InChI is InChI=1S/C44H29N3O/c1-44(35-26-23-32(24-27-35)30-13-6-3-7-14-30)46-42(34-21-19-31(20-22-34)29-11-4-2-5-12-29)45-43(47-44)38-17-10-18-39-40(38)37-28-25-33-15-8-9-16-36(33)41(37)48-39/h2-24,26-27H,1H3,(H,45,46,47). The Balaban J connectivity index is 1.20. The van der Waals surface area contributed by atoms with Gasteiger partial charge in [-0.3, -0.25) is 0 Å². The Morgan fingerprint density at radius 2 is 1.12 bits per heavy atom. The summed E-state index contributed by atoms with van der Waals surface area (Å²) in [5, 5.41) is 7.44. The SMILES string of the molecule is CC1(c2ccc(-c3ccccc3)cc2)N=C(c2ccc(-c3ccccc3)cc2)NC(c2cccc3oc4c(c#cc5ccccc54)c23)=N1. The van der Waals surface area contributed by atoms with Crippen LogP contribution in [0.4, 0.5) is 0 Å². The van der Waals surface area contributed by atoms with Crippen LogP contribution in [0.5, 0.6) is 0 Å². The number of rotatable bonds is 5. The Bertz CT molecular complexity index is 2510. The van der Waals surface area contributed by atoms with Gasteiger partial charge in [0.25, 0.3) is 0 Å². The van der Waals surface area contributed by atoms with Crippen LogP contribution in [-0.4, -0.2) is 11.7 Å². The first-order chi connectivity index (χ1) is 23.6. The van der Waals surface area contributed by atoms with Gasteiger partial charge in [0.2, 0.25) is 0 Å². The monoisotopic (exact) mass is 615 g/mol. The number of hydrogen-bond donors (Lipinski definition) is 1. The molecule has 1 aliphatic rings. The average molecular weight is 616 g/mol. The summed E-state index contributed by atoms with van der Waals surface area (Å²) in [6.45, 7) is 2.07. The van der Waals surface area contributed by atoms with Crippen molar-refractivity contribution in [2.24, 2.45) is 9.98 Å². The van der Waals surface area contributed by atoms with Crippen LogP contribution in [0.15, 0.2) is 166 Å². The molecule has 226 valence electrons. The molecule has 1 aromatic heterocycles. The van der Waals surface area contributed by atoms with E-state index in [-0.39, 0.29) is 0 Å². The van der Waals surface area contributed by atoms with Crippen LogP contribution in [-0.2, 0) is 5.66 Å². The molecule has 8 aromatic rings. The molecular weight excluding hydrogens is 587 g/mol. The van der Waals surface area contributed by atoms with Crippen molar-refractivity contribution in [3.05, 3.63) is 180 Å². The molecule has 48 heavy (non-hydrogen) atoms. The number of aliphatic imine (C=N–C) groups is 2. The summed E-state index contributed by atoms with van der Waals surface area (Å²) in [5.74, 6) is 1.47. The Labute approximate surface area is 278 Å². The molecule has 1 atom stereocenters. The highest BCUT2D eigenvalue weighted by Crippen LogP contribution is 2.37. The van der Waals surface area contributed by atoms with Gasteiger partial charge in [0.1, 0.15) is 17.3 Å². The second-order valence-electron chi connectivity index (χ2n) is 12.2. The van der Waals surface area contributed by atoms with Crippen molar-refractivity contribution >= 4 is 44.4 Å². The summed E-state index contributed by atoms with van der Waals surface area (Å²) in [7, 11) is 0. The van der Waals surface area contributed by atoms with Crippen molar-refractivity contribution in [2.75, 3.05) is 0 Å². The van der Waals surface area contributed by atoms with Crippen molar-refractivity contribution in [2.45, 2.75) is 12.6 Å². The Kier molecular flexibility index (Phi) is 6.45. The highest BCUT2D eigenvalue weighted by atomic mass is 16.3. The zero-order valence-corrected chi connectivity index (χ0v) is 26.2. The maximum absolute atomic E-state index is 6.49. The zero-order chi connectivity index (χ0) is 32.1. The molecule has 0 fully saturated rings. The Hall–Kier alpha value is -6.44. The second-order valence-corrected chi connectivity index (χ2v) is 12.2. The minimum absolute atomic E-state index is 0.719. The summed E-state index contributed by atoms with van der Waals surface area (Å²) in [4.78, 5) is 10.6. The number of nitrogens with one attached hydrogen (secondary N) is 1. The second kappa shape index (κ2) is 11.1. The number of hydrogen-bond acceptors (Lipinski definition) is 4. The molecule has 2 heterocycles. The van der Waals surface area contributed by atoms with Gasteiger partial charge in [-0.2, -0.15) is 0 Å². The largest absolute Gasteiger partial charge is 0.455 e. The maximum atomic E-state index is 6.49. The first kappa shape index (κ1) is 27.8. The molecule has 0 saturated heterocycles. The summed E-state index contributed by atoms with van der Waals surface area (Å²) in [6, 6.07) is 58.9. The first-order valence-electron chi connectivity index (χ1n) is 16.1. The van der Waals surface area contributed by atoms with E-state index >= 15 is 0 Å². The van der Waals surface area contributed by atoms with Gasteiger partial charge >= 0.3 is 0 Å².